The van der Waals surface area contributed by atoms with Gasteiger partial charge in [0.15, 0.2) is 0 Å². The standard InChI is InChI=1S/C19H25NO2/c1-18(2,11-12-20)19(21)15-8-4-3-7-14(15)13-22-17-10-6-5-9-16(17)19/h5-10,21H,3-4,11-13,20H2,1-2H3. The second kappa shape index (κ2) is 5.56. The molecule has 0 fully saturated rings. The monoisotopic (exact) mass is 299 g/mol. The highest BCUT2D eigenvalue weighted by molar-refractivity contribution is 5.54. The predicted molar refractivity (Wildman–Crippen MR) is 88.7 cm³/mol. The van der Waals surface area contributed by atoms with Crippen LogP contribution in [0.2, 0.25) is 0 Å². The van der Waals surface area contributed by atoms with Gasteiger partial charge >= 0.3 is 0 Å². The lowest BCUT2D eigenvalue weighted by Gasteiger charge is -2.45. The summed E-state index contributed by atoms with van der Waals surface area (Å²) in [7, 11) is 0. The maximum Gasteiger partial charge on any atom is 0.126 e. The third-order valence-corrected chi connectivity index (χ3v) is 5.05. The molecule has 0 amide bonds. The van der Waals surface area contributed by atoms with Crippen LogP contribution >= 0.6 is 0 Å². The van der Waals surface area contributed by atoms with E-state index in [0.29, 0.717) is 13.2 Å². The number of allylic oxidation sites excluding steroid dienone is 2. The molecule has 0 saturated heterocycles. The van der Waals surface area contributed by atoms with E-state index >= 15 is 0 Å². The summed E-state index contributed by atoms with van der Waals surface area (Å²) in [5.74, 6) is 0.770. The first-order valence-corrected chi connectivity index (χ1v) is 8.05. The molecule has 0 spiro atoms. The predicted octanol–water partition coefficient (Wildman–Crippen LogP) is 3.29. The Morgan fingerprint density at radius 1 is 1.23 bits per heavy atom. The third kappa shape index (κ3) is 2.20. The van der Waals surface area contributed by atoms with Gasteiger partial charge in [0.25, 0.3) is 0 Å². The second-order valence-corrected chi connectivity index (χ2v) is 6.84. The van der Waals surface area contributed by atoms with E-state index in [1.165, 1.54) is 0 Å². The lowest BCUT2D eigenvalue weighted by atomic mass is 9.63. The summed E-state index contributed by atoms with van der Waals surface area (Å²) in [6, 6.07) is 7.83. The zero-order valence-electron chi connectivity index (χ0n) is 13.4. The molecule has 2 aliphatic rings. The van der Waals surface area contributed by atoms with Gasteiger partial charge in [0.05, 0.1) is 0 Å². The molecule has 0 saturated carbocycles. The first kappa shape index (κ1) is 15.3. The zero-order chi connectivity index (χ0) is 15.8. The van der Waals surface area contributed by atoms with Crippen LogP contribution in [0.15, 0.2) is 47.6 Å². The second-order valence-electron chi connectivity index (χ2n) is 6.84. The summed E-state index contributed by atoms with van der Waals surface area (Å²) < 4.78 is 5.99. The number of nitrogens with two attached hydrogens (primary N) is 1. The molecule has 1 unspecified atom stereocenters. The Morgan fingerprint density at radius 3 is 2.73 bits per heavy atom. The van der Waals surface area contributed by atoms with E-state index in [-0.39, 0.29) is 5.41 Å². The summed E-state index contributed by atoms with van der Waals surface area (Å²) in [6.07, 6.45) is 7.08. The number of benzene rings is 1. The third-order valence-electron chi connectivity index (χ3n) is 5.05. The molecule has 0 aromatic heterocycles. The van der Waals surface area contributed by atoms with Gasteiger partial charge in [0.1, 0.15) is 18.0 Å². The van der Waals surface area contributed by atoms with E-state index in [9.17, 15) is 5.11 Å². The Balaban J connectivity index is 2.25. The summed E-state index contributed by atoms with van der Waals surface area (Å²) in [5.41, 5.74) is 7.33. The van der Waals surface area contributed by atoms with Crippen LogP contribution in [0.3, 0.4) is 0 Å². The Hall–Kier alpha value is -1.58. The normalized spacial score (nSPS) is 24.4. The lowest BCUT2D eigenvalue weighted by molar-refractivity contribution is -0.0419. The molecular weight excluding hydrogens is 274 g/mol. The van der Waals surface area contributed by atoms with Crippen molar-refractivity contribution in [3.05, 3.63) is 53.1 Å². The molecule has 3 heteroatoms. The highest BCUT2D eigenvalue weighted by Crippen LogP contribution is 2.53. The molecule has 118 valence electrons. The van der Waals surface area contributed by atoms with Crippen LogP contribution < -0.4 is 10.5 Å². The van der Waals surface area contributed by atoms with Crippen molar-refractivity contribution in [2.45, 2.75) is 38.7 Å². The van der Waals surface area contributed by atoms with E-state index in [4.69, 9.17) is 10.5 Å². The quantitative estimate of drug-likeness (QED) is 0.900. The van der Waals surface area contributed by atoms with Gasteiger partial charge in [-0.1, -0.05) is 44.2 Å². The van der Waals surface area contributed by atoms with Crippen LogP contribution in [0, 0.1) is 5.41 Å². The van der Waals surface area contributed by atoms with Gasteiger partial charge in [-0.25, -0.2) is 0 Å². The van der Waals surface area contributed by atoms with E-state index in [0.717, 1.165) is 41.7 Å². The Morgan fingerprint density at radius 2 is 1.95 bits per heavy atom. The molecule has 3 rings (SSSR count). The van der Waals surface area contributed by atoms with Crippen molar-refractivity contribution in [2.75, 3.05) is 13.2 Å². The highest BCUT2D eigenvalue weighted by atomic mass is 16.5. The average Bonchev–Trinajstić information content (AvgIpc) is 2.65. The van der Waals surface area contributed by atoms with Crippen molar-refractivity contribution >= 4 is 0 Å². The molecule has 0 bridgehead atoms. The summed E-state index contributed by atoms with van der Waals surface area (Å²) in [4.78, 5) is 0. The van der Waals surface area contributed by atoms with Gasteiger partial charge in [0.2, 0.25) is 0 Å². The first-order valence-electron chi connectivity index (χ1n) is 8.05. The average molecular weight is 299 g/mol. The zero-order valence-corrected chi connectivity index (χ0v) is 13.4. The summed E-state index contributed by atoms with van der Waals surface area (Å²) >= 11 is 0. The molecular formula is C19H25NO2. The lowest BCUT2D eigenvalue weighted by Crippen LogP contribution is -2.45. The fourth-order valence-electron chi connectivity index (χ4n) is 3.71. The van der Waals surface area contributed by atoms with Crippen LogP contribution in [-0.2, 0) is 5.60 Å². The maximum atomic E-state index is 11.9. The molecule has 22 heavy (non-hydrogen) atoms. The largest absolute Gasteiger partial charge is 0.488 e. The molecule has 3 nitrogen and oxygen atoms in total. The van der Waals surface area contributed by atoms with Gasteiger partial charge in [-0.3, -0.25) is 0 Å². The fourth-order valence-corrected chi connectivity index (χ4v) is 3.71. The topological polar surface area (TPSA) is 55.5 Å². The van der Waals surface area contributed by atoms with Gasteiger partial charge in [0, 0.05) is 11.0 Å². The van der Waals surface area contributed by atoms with Crippen molar-refractivity contribution in [2.24, 2.45) is 11.1 Å². The Bertz CT molecular complexity index is 630. The van der Waals surface area contributed by atoms with Crippen LogP contribution in [0.4, 0.5) is 0 Å². The van der Waals surface area contributed by atoms with Crippen molar-refractivity contribution in [3.8, 4) is 5.75 Å². The van der Waals surface area contributed by atoms with Crippen LogP contribution in [0.25, 0.3) is 0 Å². The van der Waals surface area contributed by atoms with Crippen molar-refractivity contribution in [1.29, 1.82) is 0 Å². The van der Waals surface area contributed by atoms with Gasteiger partial charge in [-0.2, -0.15) is 0 Å². The molecule has 3 N–H and O–H groups in total. The number of ether oxygens (including phenoxy) is 1. The molecule has 1 aromatic rings. The van der Waals surface area contributed by atoms with E-state index in [2.05, 4.69) is 26.0 Å². The van der Waals surface area contributed by atoms with Gasteiger partial charge < -0.3 is 15.6 Å². The number of para-hydroxylation sites is 1. The van der Waals surface area contributed by atoms with Gasteiger partial charge in [-0.15, -0.1) is 0 Å². The van der Waals surface area contributed by atoms with E-state index in [1.54, 1.807) is 0 Å². The molecule has 1 aliphatic carbocycles. The number of hydrogen-bond acceptors (Lipinski definition) is 3. The molecule has 1 atom stereocenters. The van der Waals surface area contributed by atoms with Crippen molar-refractivity contribution in [3.63, 3.8) is 0 Å². The Labute approximate surface area is 132 Å². The minimum atomic E-state index is -1.08. The van der Waals surface area contributed by atoms with Crippen LogP contribution in [0.5, 0.6) is 5.75 Å². The van der Waals surface area contributed by atoms with Crippen LogP contribution in [-0.4, -0.2) is 18.3 Å². The molecule has 1 heterocycles. The summed E-state index contributed by atoms with van der Waals surface area (Å²) in [5, 5.41) is 11.9. The van der Waals surface area contributed by atoms with Crippen molar-refractivity contribution < 1.29 is 9.84 Å². The number of aliphatic hydroxyl groups is 1. The van der Waals surface area contributed by atoms with Crippen molar-refractivity contribution in [1.82, 2.24) is 0 Å². The van der Waals surface area contributed by atoms with Crippen LogP contribution in [0.1, 0.15) is 38.7 Å². The summed E-state index contributed by atoms with van der Waals surface area (Å²) in [6.45, 7) is 5.25. The minimum Gasteiger partial charge on any atom is -0.488 e. The smallest absolute Gasteiger partial charge is 0.126 e. The SMILES string of the molecule is CC(C)(CCN)C1(O)C2=CCCC=C2COc2ccccc21. The number of rotatable bonds is 3. The highest BCUT2D eigenvalue weighted by Gasteiger charge is 2.50. The first-order chi connectivity index (χ1) is 10.5. The molecule has 0 radical (unpaired) electrons. The minimum absolute atomic E-state index is 0.381. The molecule has 1 aliphatic heterocycles. The van der Waals surface area contributed by atoms with E-state index < -0.39 is 5.60 Å². The fraction of sp³-hybridized carbons (Fsp3) is 0.474. The Kier molecular flexibility index (Phi) is 3.87. The van der Waals surface area contributed by atoms with Gasteiger partial charge in [-0.05, 0) is 43.0 Å². The maximum absolute atomic E-state index is 11.9. The number of fused-ring (bicyclic) bond motifs is 2. The van der Waals surface area contributed by atoms with E-state index in [1.807, 2.05) is 24.3 Å². The number of hydrogen-bond donors (Lipinski definition) is 2. The molecule has 1 aromatic carbocycles.